The molecule has 3 rings (SSSR count). The molecule has 1 N–H and O–H groups in total. The van der Waals surface area contributed by atoms with Crippen LogP contribution in [0.1, 0.15) is 34.5 Å². The summed E-state index contributed by atoms with van der Waals surface area (Å²) in [5.41, 5.74) is 3.85. The molecule has 0 saturated heterocycles. The summed E-state index contributed by atoms with van der Waals surface area (Å²) in [4.78, 5) is 24.7. The number of rotatable bonds is 3. The molecule has 0 fully saturated rings. The average molecular weight is 338 g/mol. The van der Waals surface area contributed by atoms with Gasteiger partial charge in [0.15, 0.2) is 5.69 Å². The first-order valence-corrected chi connectivity index (χ1v) is 7.76. The zero-order chi connectivity index (χ0) is 18.1. The van der Waals surface area contributed by atoms with Gasteiger partial charge in [-0.05, 0) is 32.9 Å². The van der Waals surface area contributed by atoms with E-state index in [4.69, 9.17) is 4.42 Å². The van der Waals surface area contributed by atoms with Gasteiger partial charge in [-0.3, -0.25) is 9.59 Å². The van der Waals surface area contributed by atoms with Gasteiger partial charge in [0.2, 0.25) is 0 Å². The van der Waals surface area contributed by atoms with Crippen LogP contribution >= 0.6 is 0 Å². The van der Waals surface area contributed by atoms with Gasteiger partial charge in [-0.25, -0.2) is 10.1 Å². The summed E-state index contributed by atoms with van der Waals surface area (Å²) >= 11 is 0. The fourth-order valence-corrected chi connectivity index (χ4v) is 2.71. The van der Waals surface area contributed by atoms with Crippen LogP contribution in [0.3, 0.4) is 0 Å². The lowest BCUT2D eigenvalue weighted by molar-refractivity contribution is 0.0949. The first-order valence-electron chi connectivity index (χ1n) is 7.76. The molecular weight excluding hydrogens is 320 g/mol. The van der Waals surface area contributed by atoms with E-state index in [2.05, 4.69) is 15.6 Å². The minimum Gasteiger partial charge on any atom is -0.466 e. The van der Waals surface area contributed by atoms with Crippen molar-refractivity contribution in [3.63, 3.8) is 0 Å². The maximum atomic E-state index is 12.5. The Hall–Kier alpha value is -3.22. The van der Waals surface area contributed by atoms with E-state index < -0.39 is 5.91 Å². The van der Waals surface area contributed by atoms with Gasteiger partial charge in [0.05, 0.1) is 11.1 Å². The van der Waals surface area contributed by atoms with Crippen molar-refractivity contribution < 1.29 is 9.21 Å². The second-order valence-electron chi connectivity index (χ2n) is 5.79. The van der Waals surface area contributed by atoms with Crippen LogP contribution in [0.15, 0.2) is 44.6 Å². The molecule has 2 heterocycles. The second kappa shape index (κ2) is 6.35. The summed E-state index contributed by atoms with van der Waals surface area (Å²) < 4.78 is 6.62. The molecule has 0 bridgehead atoms. The Kier molecular flexibility index (Phi) is 4.22. The molecule has 3 aromatic rings. The SMILES string of the molecule is C/C(=N/NC(=O)c1nn(C)c(=O)c2ccccc12)c1cc(C)oc1C. The fourth-order valence-electron chi connectivity index (χ4n) is 2.71. The first-order chi connectivity index (χ1) is 11.9. The van der Waals surface area contributed by atoms with E-state index in [0.717, 1.165) is 21.8 Å². The lowest BCUT2D eigenvalue weighted by atomic mass is 10.1. The molecule has 0 saturated carbocycles. The largest absolute Gasteiger partial charge is 0.466 e. The standard InChI is InChI=1S/C18H18N4O3/c1-10-9-15(12(3)25-10)11(2)19-20-17(23)16-13-7-5-6-8-14(13)18(24)22(4)21-16/h5-9H,1-4H3,(H,20,23)/b19-11-. The number of carbonyl (C=O) groups excluding carboxylic acids is 1. The predicted octanol–water partition coefficient (Wildman–Crippen LogP) is 2.30. The molecular formula is C18H18N4O3. The third kappa shape index (κ3) is 3.08. The lowest BCUT2D eigenvalue weighted by Crippen LogP contribution is -2.27. The van der Waals surface area contributed by atoms with Crippen LogP contribution < -0.4 is 11.0 Å². The Balaban J connectivity index is 1.96. The van der Waals surface area contributed by atoms with Crippen LogP contribution in [-0.2, 0) is 7.05 Å². The number of nitrogens with one attached hydrogen (secondary N) is 1. The number of hydrazone groups is 1. The summed E-state index contributed by atoms with van der Waals surface area (Å²) in [6.45, 7) is 5.47. The topological polar surface area (TPSA) is 89.5 Å². The summed E-state index contributed by atoms with van der Waals surface area (Å²) in [6.07, 6.45) is 0. The van der Waals surface area contributed by atoms with E-state index in [9.17, 15) is 9.59 Å². The number of furan rings is 1. The highest BCUT2D eigenvalue weighted by atomic mass is 16.3. The van der Waals surface area contributed by atoms with Crippen molar-refractivity contribution in [2.45, 2.75) is 20.8 Å². The summed E-state index contributed by atoms with van der Waals surface area (Å²) in [6, 6.07) is 8.73. The van der Waals surface area contributed by atoms with Crippen molar-refractivity contribution in [1.29, 1.82) is 0 Å². The number of nitrogens with zero attached hydrogens (tertiary/aromatic N) is 3. The normalized spacial score (nSPS) is 11.8. The number of aromatic nitrogens is 2. The third-order valence-corrected chi connectivity index (χ3v) is 3.93. The molecule has 0 aliphatic carbocycles. The number of fused-ring (bicyclic) bond motifs is 1. The number of aryl methyl sites for hydroxylation is 3. The van der Waals surface area contributed by atoms with E-state index in [0.29, 0.717) is 16.5 Å². The molecule has 1 amide bonds. The van der Waals surface area contributed by atoms with Crippen LogP contribution in [0.25, 0.3) is 10.8 Å². The van der Waals surface area contributed by atoms with Gasteiger partial charge in [-0.2, -0.15) is 10.2 Å². The Morgan fingerprint density at radius 2 is 1.92 bits per heavy atom. The number of benzene rings is 1. The summed E-state index contributed by atoms with van der Waals surface area (Å²) in [7, 11) is 1.51. The average Bonchev–Trinajstić information content (AvgIpc) is 2.94. The highest BCUT2D eigenvalue weighted by molar-refractivity contribution is 6.06. The smallest absolute Gasteiger partial charge is 0.292 e. The van der Waals surface area contributed by atoms with Crippen LogP contribution in [0.4, 0.5) is 0 Å². The van der Waals surface area contributed by atoms with Gasteiger partial charge < -0.3 is 4.42 Å². The van der Waals surface area contributed by atoms with Gasteiger partial charge in [-0.1, -0.05) is 18.2 Å². The van der Waals surface area contributed by atoms with E-state index in [1.54, 1.807) is 31.2 Å². The minimum absolute atomic E-state index is 0.148. The molecule has 25 heavy (non-hydrogen) atoms. The second-order valence-corrected chi connectivity index (χ2v) is 5.79. The first kappa shape index (κ1) is 16.6. The zero-order valence-corrected chi connectivity index (χ0v) is 14.5. The van der Waals surface area contributed by atoms with E-state index in [-0.39, 0.29) is 11.3 Å². The van der Waals surface area contributed by atoms with Crippen molar-refractivity contribution in [3.8, 4) is 0 Å². The molecule has 0 aliphatic rings. The van der Waals surface area contributed by atoms with Gasteiger partial charge in [-0.15, -0.1) is 0 Å². The minimum atomic E-state index is -0.482. The van der Waals surface area contributed by atoms with Gasteiger partial charge in [0.25, 0.3) is 11.5 Å². The van der Waals surface area contributed by atoms with Crippen LogP contribution in [0.5, 0.6) is 0 Å². The van der Waals surface area contributed by atoms with Crippen LogP contribution in [-0.4, -0.2) is 21.4 Å². The van der Waals surface area contributed by atoms with Gasteiger partial charge in [0.1, 0.15) is 11.5 Å². The van der Waals surface area contributed by atoms with Crippen molar-refractivity contribution >= 4 is 22.4 Å². The number of amides is 1. The Bertz CT molecular complexity index is 1060. The number of hydrogen-bond acceptors (Lipinski definition) is 5. The molecule has 7 heteroatoms. The molecule has 0 spiro atoms. The molecule has 0 radical (unpaired) electrons. The van der Waals surface area contributed by atoms with Crippen molar-refractivity contribution in [2.75, 3.05) is 0 Å². The fraction of sp³-hybridized carbons (Fsp3) is 0.222. The Morgan fingerprint density at radius 1 is 1.24 bits per heavy atom. The summed E-state index contributed by atoms with van der Waals surface area (Å²) in [5.74, 6) is 1.03. The molecule has 1 aromatic carbocycles. The van der Waals surface area contributed by atoms with Gasteiger partial charge >= 0.3 is 0 Å². The number of carbonyl (C=O) groups is 1. The molecule has 0 aliphatic heterocycles. The highest BCUT2D eigenvalue weighted by Gasteiger charge is 2.15. The molecule has 2 aromatic heterocycles. The molecule has 128 valence electrons. The Labute approximate surface area is 144 Å². The molecule has 7 nitrogen and oxygen atoms in total. The van der Waals surface area contributed by atoms with Crippen molar-refractivity contribution in [1.82, 2.24) is 15.2 Å². The van der Waals surface area contributed by atoms with E-state index in [1.165, 1.54) is 7.05 Å². The number of hydrogen-bond donors (Lipinski definition) is 1. The van der Waals surface area contributed by atoms with Crippen LogP contribution in [0.2, 0.25) is 0 Å². The van der Waals surface area contributed by atoms with Gasteiger partial charge in [0, 0.05) is 18.0 Å². The predicted molar refractivity (Wildman–Crippen MR) is 94.8 cm³/mol. The van der Waals surface area contributed by atoms with Crippen molar-refractivity contribution in [3.05, 3.63) is 63.5 Å². The molecule has 0 atom stereocenters. The zero-order valence-electron chi connectivity index (χ0n) is 14.5. The maximum Gasteiger partial charge on any atom is 0.292 e. The van der Waals surface area contributed by atoms with Crippen molar-refractivity contribution in [2.24, 2.45) is 12.1 Å². The summed E-state index contributed by atoms with van der Waals surface area (Å²) in [5, 5.41) is 9.14. The van der Waals surface area contributed by atoms with E-state index >= 15 is 0 Å². The highest BCUT2D eigenvalue weighted by Crippen LogP contribution is 2.15. The third-order valence-electron chi connectivity index (χ3n) is 3.93. The molecule has 0 unspecified atom stereocenters. The monoisotopic (exact) mass is 338 g/mol. The van der Waals surface area contributed by atoms with Crippen LogP contribution in [0, 0.1) is 13.8 Å². The quantitative estimate of drug-likeness (QED) is 0.586. The Morgan fingerprint density at radius 3 is 2.56 bits per heavy atom. The van der Waals surface area contributed by atoms with E-state index in [1.807, 2.05) is 19.9 Å². The lowest BCUT2D eigenvalue weighted by Gasteiger charge is -2.07. The maximum absolute atomic E-state index is 12.5.